The van der Waals surface area contributed by atoms with E-state index in [0.717, 1.165) is 0 Å². The minimum Gasteiger partial charge on any atom is -0.207 e. The lowest BCUT2D eigenvalue weighted by Crippen LogP contribution is -2.45. The van der Waals surface area contributed by atoms with Crippen molar-refractivity contribution >= 4 is 56.4 Å². The lowest BCUT2D eigenvalue weighted by Gasteiger charge is -2.23. The highest BCUT2D eigenvalue weighted by molar-refractivity contribution is 7.89. The summed E-state index contributed by atoms with van der Waals surface area (Å²) in [5.74, 6) is -0.151. The van der Waals surface area contributed by atoms with Crippen LogP contribution in [0.4, 0.5) is 0 Å². The van der Waals surface area contributed by atoms with E-state index in [1.54, 1.807) is 25.1 Å². The summed E-state index contributed by atoms with van der Waals surface area (Å²) >= 11 is 22.6. The first-order valence-corrected chi connectivity index (χ1v) is 8.04. The van der Waals surface area contributed by atoms with E-state index in [1.807, 2.05) is 0 Å². The Bertz CT molecular complexity index is 513. The second kappa shape index (κ2) is 6.16. The highest BCUT2D eigenvalue weighted by atomic mass is 35.6. The van der Waals surface area contributed by atoms with Crippen molar-refractivity contribution in [3.8, 4) is 0 Å². The van der Waals surface area contributed by atoms with Gasteiger partial charge in [-0.25, -0.2) is 13.1 Å². The molecule has 0 saturated heterocycles. The van der Waals surface area contributed by atoms with Gasteiger partial charge < -0.3 is 0 Å². The van der Waals surface area contributed by atoms with E-state index in [0.29, 0.717) is 5.56 Å². The quantitative estimate of drug-likeness (QED) is 0.847. The van der Waals surface area contributed by atoms with Crippen LogP contribution in [0.1, 0.15) is 5.56 Å². The van der Waals surface area contributed by atoms with E-state index >= 15 is 0 Å². The number of nitrogens with one attached hydrogen (secondary N) is 1. The van der Waals surface area contributed by atoms with Crippen LogP contribution in [0.3, 0.4) is 0 Å². The Hall–Kier alpha value is 0.290. The van der Waals surface area contributed by atoms with Crippen molar-refractivity contribution in [1.29, 1.82) is 0 Å². The molecule has 0 aliphatic heterocycles. The summed E-state index contributed by atoms with van der Waals surface area (Å²) < 4.78 is 24.7. The van der Waals surface area contributed by atoms with Crippen LogP contribution in [0.25, 0.3) is 0 Å². The Morgan fingerprint density at radius 2 is 1.83 bits per heavy atom. The van der Waals surface area contributed by atoms with Gasteiger partial charge in [0.1, 0.15) is 0 Å². The molecule has 1 aromatic carbocycles. The molecule has 18 heavy (non-hydrogen) atoms. The molecule has 0 spiro atoms. The first-order chi connectivity index (χ1) is 8.18. The van der Waals surface area contributed by atoms with Gasteiger partial charge in [0, 0.05) is 5.88 Å². The molecule has 1 N–H and O–H groups in total. The van der Waals surface area contributed by atoms with E-state index in [2.05, 4.69) is 4.72 Å². The standard InChI is InChI=1S/C10H11Cl4NO2S/c1-7-4-2-3-5-8(7)18(16,17)15-9(6-11)10(12,13)14/h2-5,9,15H,6H2,1H3. The van der Waals surface area contributed by atoms with Crippen molar-refractivity contribution in [2.24, 2.45) is 0 Å². The van der Waals surface area contributed by atoms with Crippen molar-refractivity contribution in [3.05, 3.63) is 29.8 Å². The molecule has 1 atom stereocenters. The van der Waals surface area contributed by atoms with Crippen LogP contribution >= 0.6 is 46.4 Å². The maximum Gasteiger partial charge on any atom is 0.241 e. The van der Waals surface area contributed by atoms with Crippen LogP contribution in [0.2, 0.25) is 0 Å². The van der Waals surface area contributed by atoms with Gasteiger partial charge in [0.2, 0.25) is 13.8 Å². The first kappa shape index (κ1) is 16.3. The summed E-state index contributed by atoms with van der Waals surface area (Å²) in [5, 5.41) is 0. The molecular formula is C10H11Cl4NO2S. The number of sulfonamides is 1. The Balaban J connectivity index is 3.06. The molecule has 0 bridgehead atoms. The molecule has 0 amide bonds. The topological polar surface area (TPSA) is 46.2 Å². The SMILES string of the molecule is Cc1ccccc1S(=O)(=O)NC(CCl)C(Cl)(Cl)Cl. The molecule has 8 heteroatoms. The maximum atomic E-state index is 12.1. The van der Waals surface area contributed by atoms with Crippen LogP contribution in [0.15, 0.2) is 29.2 Å². The predicted octanol–water partition coefficient (Wildman–Crippen LogP) is 3.25. The van der Waals surface area contributed by atoms with Crippen LogP contribution in [0.5, 0.6) is 0 Å². The fourth-order valence-corrected chi connectivity index (χ4v) is 4.03. The number of halogens is 4. The Morgan fingerprint density at radius 3 is 2.28 bits per heavy atom. The molecule has 0 saturated carbocycles. The van der Waals surface area contributed by atoms with E-state index in [-0.39, 0.29) is 10.8 Å². The number of hydrogen-bond donors (Lipinski definition) is 1. The minimum atomic E-state index is -3.77. The Kier molecular flexibility index (Phi) is 5.59. The van der Waals surface area contributed by atoms with Gasteiger partial charge in [-0.15, -0.1) is 11.6 Å². The number of hydrogen-bond acceptors (Lipinski definition) is 2. The molecule has 0 radical (unpaired) electrons. The van der Waals surface area contributed by atoms with Crippen LogP contribution in [-0.2, 0) is 10.0 Å². The third-order valence-corrected chi connectivity index (χ3v) is 4.96. The monoisotopic (exact) mass is 349 g/mol. The molecule has 1 unspecified atom stereocenters. The van der Waals surface area contributed by atoms with Gasteiger partial charge in [0.25, 0.3) is 0 Å². The third-order valence-electron chi connectivity index (χ3n) is 2.23. The highest BCUT2D eigenvalue weighted by Crippen LogP contribution is 2.32. The number of alkyl halides is 4. The van der Waals surface area contributed by atoms with Gasteiger partial charge in [-0.3, -0.25) is 0 Å². The number of aryl methyl sites for hydroxylation is 1. The van der Waals surface area contributed by atoms with Crippen molar-refractivity contribution < 1.29 is 8.42 Å². The van der Waals surface area contributed by atoms with E-state index < -0.39 is 19.9 Å². The highest BCUT2D eigenvalue weighted by Gasteiger charge is 2.35. The van der Waals surface area contributed by atoms with E-state index in [9.17, 15) is 8.42 Å². The smallest absolute Gasteiger partial charge is 0.207 e. The average Bonchev–Trinajstić information content (AvgIpc) is 2.24. The molecule has 0 aromatic heterocycles. The fraction of sp³-hybridized carbons (Fsp3) is 0.400. The Morgan fingerprint density at radius 1 is 1.28 bits per heavy atom. The zero-order valence-electron chi connectivity index (χ0n) is 9.33. The summed E-state index contributed by atoms with van der Waals surface area (Å²) in [6, 6.07) is 5.50. The molecule has 0 aliphatic rings. The van der Waals surface area contributed by atoms with Gasteiger partial charge in [0.15, 0.2) is 0 Å². The van der Waals surface area contributed by atoms with Crippen molar-refractivity contribution in [3.63, 3.8) is 0 Å². The summed E-state index contributed by atoms with van der Waals surface area (Å²) in [7, 11) is -3.77. The second-order valence-electron chi connectivity index (χ2n) is 3.64. The molecule has 1 aromatic rings. The third kappa shape index (κ3) is 4.15. The molecule has 0 aliphatic carbocycles. The zero-order chi connectivity index (χ0) is 14.0. The normalized spacial score (nSPS) is 14.5. The van der Waals surface area contributed by atoms with Gasteiger partial charge in [-0.05, 0) is 18.6 Å². The summed E-state index contributed by atoms with van der Waals surface area (Å²) in [6.45, 7) is 1.68. The van der Waals surface area contributed by atoms with Crippen molar-refractivity contribution in [1.82, 2.24) is 4.72 Å². The first-order valence-electron chi connectivity index (χ1n) is 4.89. The van der Waals surface area contributed by atoms with Gasteiger partial charge in [-0.2, -0.15) is 0 Å². The molecule has 0 fully saturated rings. The molecule has 1 rings (SSSR count). The average molecular weight is 351 g/mol. The van der Waals surface area contributed by atoms with Gasteiger partial charge in [0.05, 0.1) is 10.9 Å². The molecular weight excluding hydrogens is 340 g/mol. The van der Waals surface area contributed by atoms with E-state index in [4.69, 9.17) is 46.4 Å². The van der Waals surface area contributed by atoms with E-state index in [1.165, 1.54) is 6.07 Å². The zero-order valence-corrected chi connectivity index (χ0v) is 13.2. The van der Waals surface area contributed by atoms with Gasteiger partial charge in [-0.1, -0.05) is 53.0 Å². The lowest BCUT2D eigenvalue weighted by atomic mass is 10.2. The number of rotatable bonds is 4. The Labute approximate surface area is 126 Å². The van der Waals surface area contributed by atoms with Crippen LogP contribution in [-0.4, -0.2) is 24.1 Å². The lowest BCUT2D eigenvalue weighted by molar-refractivity contribution is 0.563. The van der Waals surface area contributed by atoms with Crippen molar-refractivity contribution in [2.45, 2.75) is 21.7 Å². The summed E-state index contributed by atoms with van der Waals surface area (Å²) in [4.78, 5) is 0.134. The van der Waals surface area contributed by atoms with Crippen LogP contribution < -0.4 is 4.72 Å². The summed E-state index contributed by atoms with van der Waals surface area (Å²) in [5.41, 5.74) is 0.600. The molecule has 0 heterocycles. The number of benzene rings is 1. The predicted molar refractivity (Wildman–Crippen MR) is 76.3 cm³/mol. The second-order valence-corrected chi connectivity index (χ2v) is 8.00. The van der Waals surface area contributed by atoms with Crippen LogP contribution in [0, 0.1) is 6.92 Å². The molecule has 102 valence electrons. The minimum absolute atomic E-state index is 0.134. The maximum absolute atomic E-state index is 12.1. The van der Waals surface area contributed by atoms with Crippen molar-refractivity contribution in [2.75, 3.05) is 5.88 Å². The summed E-state index contributed by atoms with van der Waals surface area (Å²) in [6.07, 6.45) is 0. The largest absolute Gasteiger partial charge is 0.241 e. The molecule has 3 nitrogen and oxygen atoms in total. The van der Waals surface area contributed by atoms with Gasteiger partial charge >= 0.3 is 0 Å². The fourth-order valence-electron chi connectivity index (χ4n) is 1.29.